The molecule has 1 atom stereocenters. The summed E-state index contributed by atoms with van der Waals surface area (Å²) in [7, 11) is 1.23. The monoisotopic (exact) mass is 281 g/mol. The summed E-state index contributed by atoms with van der Waals surface area (Å²) in [5.74, 6) is -0.559. The van der Waals surface area contributed by atoms with Gasteiger partial charge in [0.05, 0.1) is 7.11 Å². The van der Waals surface area contributed by atoms with Gasteiger partial charge in [0.1, 0.15) is 11.4 Å². The molecule has 6 heteroatoms. The van der Waals surface area contributed by atoms with E-state index in [1.165, 1.54) is 31.4 Å². The molecule has 0 spiro atoms. The van der Waals surface area contributed by atoms with Crippen molar-refractivity contribution >= 4 is 12.1 Å². The average Bonchev–Trinajstić information content (AvgIpc) is 2.34. The number of hydrogen-bond donors (Lipinski definition) is 2. The van der Waals surface area contributed by atoms with Crippen LogP contribution in [0.25, 0.3) is 0 Å². The Kier molecular flexibility index (Phi) is 4.96. The van der Waals surface area contributed by atoms with Crippen molar-refractivity contribution < 1.29 is 24.2 Å². The van der Waals surface area contributed by atoms with Crippen molar-refractivity contribution in [3.63, 3.8) is 0 Å². The van der Waals surface area contributed by atoms with E-state index in [2.05, 4.69) is 10.1 Å². The predicted octanol–water partition coefficient (Wildman–Crippen LogP) is 2.13. The summed E-state index contributed by atoms with van der Waals surface area (Å²) in [6, 6.07) is 4.89. The number of ether oxygens (including phenoxy) is 2. The first-order chi connectivity index (χ1) is 9.23. The molecule has 0 saturated carbocycles. The number of carbonyl (C=O) groups is 2. The number of phenolic OH excluding ortho intramolecular Hbond substituents is 1. The van der Waals surface area contributed by atoms with Crippen molar-refractivity contribution in [2.45, 2.75) is 32.4 Å². The fourth-order valence-electron chi connectivity index (χ4n) is 1.49. The maximum absolute atomic E-state index is 11.7. The molecular formula is C14H19NO5. The lowest BCUT2D eigenvalue weighted by Gasteiger charge is -2.22. The summed E-state index contributed by atoms with van der Waals surface area (Å²) in [5, 5.41) is 11.7. The number of aromatic hydroxyl groups is 1. The number of rotatable bonds is 3. The van der Waals surface area contributed by atoms with Crippen molar-refractivity contribution in [3.8, 4) is 5.75 Å². The van der Waals surface area contributed by atoms with Crippen LogP contribution in [0.2, 0.25) is 0 Å². The van der Waals surface area contributed by atoms with E-state index in [1.54, 1.807) is 20.8 Å². The Morgan fingerprint density at radius 3 is 2.20 bits per heavy atom. The topological polar surface area (TPSA) is 84.9 Å². The second kappa shape index (κ2) is 6.27. The normalized spacial score (nSPS) is 12.4. The van der Waals surface area contributed by atoms with Gasteiger partial charge in [-0.2, -0.15) is 0 Å². The Bertz CT molecular complexity index is 475. The van der Waals surface area contributed by atoms with Crippen LogP contribution >= 0.6 is 0 Å². The van der Waals surface area contributed by atoms with Gasteiger partial charge < -0.3 is 19.9 Å². The molecule has 6 nitrogen and oxygen atoms in total. The maximum atomic E-state index is 11.7. The Morgan fingerprint density at radius 2 is 1.75 bits per heavy atom. The quantitative estimate of drug-likeness (QED) is 0.829. The van der Waals surface area contributed by atoms with E-state index in [0.717, 1.165) is 0 Å². The summed E-state index contributed by atoms with van der Waals surface area (Å²) in [6.45, 7) is 5.17. The maximum Gasteiger partial charge on any atom is 0.408 e. The van der Waals surface area contributed by atoms with Gasteiger partial charge in [-0.25, -0.2) is 9.59 Å². The van der Waals surface area contributed by atoms with Crippen molar-refractivity contribution in [2.24, 2.45) is 0 Å². The first kappa shape index (κ1) is 15.8. The minimum absolute atomic E-state index is 0.0645. The van der Waals surface area contributed by atoms with E-state index in [-0.39, 0.29) is 5.75 Å². The van der Waals surface area contributed by atoms with Crippen LogP contribution in [-0.4, -0.2) is 29.9 Å². The third-order valence-electron chi connectivity index (χ3n) is 2.32. The SMILES string of the molecule is COC(=O)[C@@H](NC(=O)OC(C)(C)C)c1ccc(O)cc1. The average molecular weight is 281 g/mol. The highest BCUT2D eigenvalue weighted by Crippen LogP contribution is 2.19. The van der Waals surface area contributed by atoms with Gasteiger partial charge >= 0.3 is 12.1 Å². The van der Waals surface area contributed by atoms with Crippen LogP contribution in [0.5, 0.6) is 5.75 Å². The Balaban J connectivity index is 2.88. The lowest BCUT2D eigenvalue weighted by molar-refractivity contribution is -0.143. The lowest BCUT2D eigenvalue weighted by atomic mass is 10.1. The molecule has 0 bridgehead atoms. The number of benzene rings is 1. The van der Waals surface area contributed by atoms with Crippen LogP contribution < -0.4 is 5.32 Å². The first-order valence-electron chi connectivity index (χ1n) is 6.09. The molecule has 20 heavy (non-hydrogen) atoms. The highest BCUT2D eigenvalue weighted by molar-refractivity contribution is 5.82. The van der Waals surface area contributed by atoms with Gasteiger partial charge in [0, 0.05) is 0 Å². The van der Waals surface area contributed by atoms with Gasteiger partial charge in [-0.3, -0.25) is 0 Å². The first-order valence-corrected chi connectivity index (χ1v) is 6.09. The number of methoxy groups -OCH3 is 1. The number of alkyl carbamates (subject to hydrolysis) is 1. The Hall–Kier alpha value is -2.24. The molecule has 110 valence electrons. The zero-order valence-electron chi connectivity index (χ0n) is 12.0. The van der Waals surface area contributed by atoms with E-state index in [9.17, 15) is 14.7 Å². The van der Waals surface area contributed by atoms with E-state index in [4.69, 9.17) is 4.74 Å². The number of esters is 1. The highest BCUT2D eigenvalue weighted by Gasteiger charge is 2.26. The molecule has 1 aromatic carbocycles. The molecule has 0 fully saturated rings. The van der Waals surface area contributed by atoms with Gasteiger partial charge in [0.2, 0.25) is 0 Å². The van der Waals surface area contributed by atoms with E-state index < -0.39 is 23.7 Å². The molecule has 0 heterocycles. The number of amides is 1. The van der Waals surface area contributed by atoms with Gasteiger partial charge in [0.25, 0.3) is 0 Å². The van der Waals surface area contributed by atoms with Crippen molar-refractivity contribution in [3.05, 3.63) is 29.8 Å². The van der Waals surface area contributed by atoms with E-state index >= 15 is 0 Å². The molecule has 1 aromatic rings. The number of hydrogen-bond acceptors (Lipinski definition) is 5. The molecule has 0 aliphatic carbocycles. The van der Waals surface area contributed by atoms with Crippen LogP contribution in [0.3, 0.4) is 0 Å². The van der Waals surface area contributed by atoms with Gasteiger partial charge in [-0.15, -0.1) is 0 Å². The summed E-state index contributed by atoms with van der Waals surface area (Å²) < 4.78 is 9.76. The smallest absolute Gasteiger partial charge is 0.408 e. The Morgan fingerprint density at radius 1 is 1.20 bits per heavy atom. The number of carbonyl (C=O) groups excluding carboxylic acids is 2. The summed E-state index contributed by atoms with van der Waals surface area (Å²) in [4.78, 5) is 23.5. The molecule has 0 aliphatic heterocycles. The fourth-order valence-corrected chi connectivity index (χ4v) is 1.49. The molecule has 0 unspecified atom stereocenters. The summed E-state index contributed by atoms with van der Waals surface area (Å²) in [5.41, 5.74) is -0.180. The van der Waals surface area contributed by atoms with Crippen molar-refractivity contribution in [1.29, 1.82) is 0 Å². The second-order valence-corrected chi connectivity index (χ2v) is 5.19. The van der Waals surface area contributed by atoms with Crippen LogP contribution in [-0.2, 0) is 14.3 Å². The molecule has 2 N–H and O–H groups in total. The van der Waals surface area contributed by atoms with Gasteiger partial charge in [-0.1, -0.05) is 12.1 Å². The van der Waals surface area contributed by atoms with Gasteiger partial charge in [0.15, 0.2) is 6.04 Å². The van der Waals surface area contributed by atoms with E-state index in [1.807, 2.05) is 0 Å². The zero-order valence-corrected chi connectivity index (χ0v) is 12.0. The summed E-state index contributed by atoms with van der Waals surface area (Å²) >= 11 is 0. The predicted molar refractivity (Wildman–Crippen MR) is 72.2 cm³/mol. The Labute approximate surface area is 117 Å². The number of nitrogens with one attached hydrogen (secondary N) is 1. The molecular weight excluding hydrogens is 262 g/mol. The van der Waals surface area contributed by atoms with Gasteiger partial charge in [-0.05, 0) is 38.5 Å². The highest BCUT2D eigenvalue weighted by atomic mass is 16.6. The largest absolute Gasteiger partial charge is 0.508 e. The fraction of sp³-hybridized carbons (Fsp3) is 0.429. The molecule has 0 saturated heterocycles. The molecule has 1 rings (SSSR count). The van der Waals surface area contributed by atoms with Crippen LogP contribution in [0.4, 0.5) is 4.79 Å². The van der Waals surface area contributed by atoms with Crippen molar-refractivity contribution in [1.82, 2.24) is 5.32 Å². The third-order valence-corrected chi connectivity index (χ3v) is 2.32. The number of phenols is 1. The molecule has 0 aliphatic rings. The second-order valence-electron chi connectivity index (χ2n) is 5.19. The molecule has 1 amide bonds. The standard InChI is InChI=1S/C14H19NO5/c1-14(2,3)20-13(18)15-11(12(17)19-4)9-5-7-10(16)8-6-9/h5-8,11,16H,1-4H3,(H,15,18)/t11-/m0/s1. The minimum Gasteiger partial charge on any atom is -0.508 e. The third kappa shape index (κ3) is 4.79. The zero-order chi connectivity index (χ0) is 15.3. The van der Waals surface area contributed by atoms with Crippen LogP contribution in [0.15, 0.2) is 24.3 Å². The van der Waals surface area contributed by atoms with Crippen LogP contribution in [0, 0.1) is 0 Å². The summed E-state index contributed by atoms with van der Waals surface area (Å²) in [6.07, 6.45) is -0.721. The molecule has 0 radical (unpaired) electrons. The lowest BCUT2D eigenvalue weighted by Crippen LogP contribution is -2.38. The van der Waals surface area contributed by atoms with Crippen LogP contribution in [0.1, 0.15) is 32.4 Å². The molecule has 0 aromatic heterocycles. The van der Waals surface area contributed by atoms with Crippen molar-refractivity contribution in [2.75, 3.05) is 7.11 Å². The minimum atomic E-state index is -0.990. The van der Waals surface area contributed by atoms with E-state index in [0.29, 0.717) is 5.56 Å².